The third-order valence-corrected chi connectivity index (χ3v) is 3.88. The van der Waals surface area contributed by atoms with Gasteiger partial charge in [-0.1, -0.05) is 18.2 Å². The summed E-state index contributed by atoms with van der Waals surface area (Å²) in [4.78, 5) is 20.2. The molecular formula is C15H15F3N4O. The highest BCUT2D eigenvalue weighted by Crippen LogP contribution is 2.32. The maximum Gasteiger partial charge on any atom is 0.416 e. The molecule has 0 fully saturated rings. The Labute approximate surface area is 130 Å². The smallest absolute Gasteiger partial charge is 0.369 e. The first kappa shape index (κ1) is 15.5. The summed E-state index contributed by atoms with van der Waals surface area (Å²) in [6, 6.07) is 5.48. The van der Waals surface area contributed by atoms with Gasteiger partial charge in [0.2, 0.25) is 5.95 Å². The number of halogens is 3. The zero-order chi connectivity index (χ0) is 16.6. The minimum atomic E-state index is -4.39. The molecule has 23 heavy (non-hydrogen) atoms. The van der Waals surface area contributed by atoms with E-state index in [2.05, 4.69) is 9.97 Å². The first-order valence-electron chi connectivity index (χ1n) is 7.09. The van der Waals surface area contributed by atoms with Crippen LogP contribution in [0.15, 0.2) is 29.1 Å². The van der Waals surface area contributed by atoms with Crippen molar-refractivity contribution in [1.29, 1.82) is 0 Å². The van der Waals surface area contributed by atoms with E-state index in [0.717, 1.165) is 6.07 Å². The molecule has 0 saturated carbocycles. The minimum absolute atomic E-state index is 0.0598. The number of nitrogen functional groups attached to an aromatic ring is 1. The fraction of sp³-hybridized carbons (Fsp3) is 0.333. The summed E-state index contributed by atoms with van der Waals surface area (Å²) in [6.07, 6.45) is -3.91. The van der Waals surface area contributed by atoms with Crippen molar-refractivity contribution < 1.29 is 13.2 Å². The van der Waals surface area contributed by atoms with Crippen molar-refractivity contribution in [2.24, 2.45) is 0 Å². The number of rotatable bonds is 2. The highest BCUT2D eigenvalue weighted by atomic mass is 19.4. The van der Waals surface area contributed by atoms with Crippen LogP contribution in [0.3, 0.4) is 0 Å². The first-order chi connectivity index (χ1) is 10.8. The quantitative estimate of drug-likeness (QED) is 0.885. The number of H-pyrrole nitrogens is 1. The summed E-state index contributed by atoms with van der Waals surface area (Å²) in [5.74, 6) is 0.0598. The molecule has 2 heterocycles. The van der Waals surface area contributed by atoms with Crippen molar-refractivity contribution in [3.05, 3.63) is 57.0 Å². The lowest BCUT2D eigenvalue weighted by atomic mass is 10.0. The zero-order valence-electron chi connectivity index (χ0n) is 12.2. The molecule has 0 aliphatic carbocycles. The molecule has 1 aliphatic rings. The van der Waals surface area contributed by atoms with E-state index in [1.807, 2.05) is 0 Å². The molecule has 0 amide bonds. The van der Waals surface area contributed by atoms with Crippen LogP contribution in [0.5, 0.6) is 0 Å². The number of nitrogens with two attached hydrogens (primary N) is 1. The highest BCUT2D eigenvalue weighted by Gasteiger charge is 2.33. The lowest BCUT2D eigenvalue weighted by Crippen LogP contribution is -2.36. The molecule has 122 valence electrons. The van der Waals surface area contributed by atoms with Gasteiger partial charge in [-0.25, -0.2) is 4.98 Å². The summed E-state index contributed by atoms with van der Waals surface area (Å²) in [6.45, 7) is 0.901. The van der Waals surface area contributed by atoms with Gasteiger partial charge in [-0.15, -0.1) is 0 Å². The van der Waals surface area contributed by atoms with E-state index in [9.17, 15) is 18.0 Å². The lowest BCUT2D eigenvalue weighted by Gasteiger charge is -2.28. The van der Waals surface area contributed by atoms with Gasteiger partial charge in [0.05, 0.1) is 16.8 Å². The lowest BCUT2D eigenvalue weighted by molar-refractivity contribution is -0.138. The van der Waals surface area contributed by atoms with Gasteiger partial charge >= 0.3 is 6.18 Å². The SMILES string of the molecule is Nc1nc2c(c(=O)[nH]1)CN(Cc1ccccc1C(F)(F)F)CC2. The number of aromatic nitrogens is 2. The Balaban J connectivity index is 1.85. The Morgan fingerprint density at radius 3 is 2.78 bits per heavy atom. The van der Waals surface area contributed by atoms with Crippen LogP contribution in [-0.2, 0) is 25.7 Å². The van der Waals surface area contributed by atoms with Crippen LogP contribution in [-0.4, -0.2) is 21.4 Å². The second kappa shape index (κ2) is 5.69. The van der Waals surface area contributed by atoms with Gasteiger partial charge in [-0.2, -0.15) is 13.2 Å². The number of benzene rings is 1. The molecule has 5 nitrogen and oxygen atoms in total. The zero-order valence-corrected chi connectivity index (χ0v) is 12.2. The third kappa shape index (κ3) is 3.21. The van der Waals surface area contributed by atoms with Crippen molar-refractivity contribution in [1.82, 2.24) is 14.9 Å². The number of aromatic amines is 1. The third-order valence-electron chi connectivity index (χ3n) is 3.88. The monoisotopic (exact) mass is 324 g/mol. The fourth-order valence-corrected chi connectivity index (χ4v) is 2.81. The number of anilines is 1. The molecule has 2 aromatic rings. The van der Waals surface area contributed by atoms with Crippen molar-refractivity contribution in [2.75, 3.05) is 12.3 Å². The Hall–Kier alpha value is -2.35. The van der Waals surface area contributed by atoms with Crippen LogP contribution in [0.1, 0.15) is 22.4 Å². The average molecular weight is 324 g/mol. The topological polar surface area (TPSA) is 75.0 Å². The van der Waals surface area contributed by atoms with E-state index in [1.54, 1.807) is 11.0 Å². The molecule has 3 rings (SSSR count). The Morgan fingerprint density at radius 1 is 1.30 bits per heavy atom. The maximum absolute atomic E-state index is 13.1. The molecule has 0 radical (unpaired) electrons. The Kier molecular flexibility index (Phi) is 3.85. The molecule has 0 saturated heterocycles. The minimum Gasteiger partial charge on any atom is -0.369 e. The van der Waals surface area contributed by atoms with Crippen molar-refractivity contribution >= 4 is 5.95 Å². The van der Waals surface area contributed by atoms with Crippen molar-refractivity contribution in [3.8, 4) is 0 Å². The summed E-state index contributed by atoms with van der Waals surface area (Å²) in [7, 11) is 0. The maximum atomic E-state index is 13.1. The molecule has 0 atom stereocenters. The summed E-state index contributed by atoms with van der Waals surface area (Å²) in [5.41, 5.74) is 5.81. The number of nitrogens with one attached hydrogen (secondary N) is 1. The van der Waals surface area contributed by atoms with E-state index in [4.69, 9.17) is 5.73 Å². The van der Waals surface area contributed by atoms with Gasteiger partial charge < -0.3 is 5.73 Å². The molecule has 0 unspecified atom stereocenters. The number of nitrogens with zero attached hydrogens (tertiary/aromatic N) is 2. The standard InChI is InChI=1S/C15H15F3N4O/c16-15(17,18)11-4-2-1-3-9(11)7-22-6-5-12-10(8-22)13(23)21-14(19)20-12/h1-4H,5-8H2,(H3,19,20,21,23). The Bertz CT molecular complexity index is 785. The first-order valence-corrected chi connectivity index (χ1v) is 7.09. The molecular weight excluding hydrogens is 309 g/mol. The molecule has 1 aromatic heterocycles. The number of alkyl halides is 3. The van der Waals surface area contributed by atoms with Crippen LogP contribution in [0.2, 0.25) is 0 Å². The van der Waals surface area contributed by atoms with Gasteiger partial charge in [0.25, 0.3) is 5.56 Å². The molecule has 1 aromatic carbocycles. The number of hydrogen-bond donors (Lipinski definition) is 2. The van der Waals surface area contributed by atoms with Gasteiger partial charge in [0.1, 0.15) is 0 Å². The molecule has 1 aliphatic heterocycles. The predicted octanol–water partition coefficient (Wildman–Crippen LogP) is 1.93. The van der Waals surface area contributed by atoms with Crippen LogP contribution < -0.4 is 11.3 Å². The average Bonchev–Trinajstić information content (AvgIpc) is 2.47. The van der Waals surface area contributed by atoms with Gasteiger partial charge in [0, 0.05) is 26.1 Å². The van der Waals surface area contributed by atoms with E-state index < -0.39 is 11.7 Å². The normalized spacial score (nSPS) is 15.4. The predicted molar refractivity (Wildman–Crippen MR) is 78.5 cm³/mol. The molecule has 8 heteroatoms. The van der Waals surface area contributed by atoms with Crippen LogP contribution in [0.25, 0.3) is 0 Å². The highest BCUT2D eigenvalue weighted by molar-refractivity contribution is 5.31. The van der Waals surface area contributed by atoms with E-state index >= 15 is 0 Å². The second-order valence-electron chi connectivity index (χ2n) is 5.49. The summed E-state index contributed by atoms with van der Waals surface area (Å²) >= 11 is 0. The van der Waals surface area contributed by atoms with Gasteiger partial charge in [-0.3, -0.25) is 14.7 Å². The van der Waals surface area contributed by atoms with Crippen LogP contribution in [0, 0.1) is 0 Å². The van der Waals surface area contributed by atoms with E-state index in [0.29, 0.717) is 24.2 Å². The number of hydrogen-bond acceptors (Lipinski definition) is 4. The summed E-state index contributed by atoms with van der Waals surface area (Å²) in [5, 5.41) is 0. The van der Waals surface area contributed by atoms with Crippen LogP contribution in [0.4, 0.5) is 19.1 Å². The molecule has 0 spiro atoms. The van der Waals surface area contributed by atoms with E-state index in [-0.39, 0.29) is 30.2 Å². The molecule has 0 bridgehead atoms. The van der Waals surface area contributed by atoms with E-state index in [1.165, 1.54) is 12.1 Å². The van der Waals surface area contributed by atoms with Gasteiger partial charge in [0.15, 0.2) is 0 Å². The van der Waals surface area contributed by atoms with Crippen LogP contribution >= 0.6 is 0 Å². The van der Waals surface area contributed by atoms with Gasteiger partial charge in [-0.05, 0) is 11.6 Å². The molecule has 3 N–H and O–H groups in total. The fourth-order valence-electron chi connectivity index (χ4n) is 2.81. The Morgan fingerprint density at radius 2 is 2.04 bits per heavy atom. The second-order valence-corrected chi connectivity index (χ2v) is 5.49. The largest absolute Gasteiger partial charge is 0.416 e. The van der Waals surface area contributed by atoms with Crippen molar-refractivity contribution in [3.63, 3.8) is 0 Å². The summed E-state index contributed by atoms with van der Waals surface area (Å²) < 4.78 is 39.2. The number of fused-ring (bicyclic) bond motifs is 1. The van der Waals surface area contributed by atoms with Crippen molar-refractivity contribution in [2.45, 2.75) is 25.7 Å².